The molecule has 0 bridgehead atoms. The van der Waals surface area contributed by atoms with Crippen LogP contribution in [0, 0.1) is 5.82 Å². The van der Waals surface area contributed by atoms with Crippen LogP contribution in [0.4, 0.5) is 4.39 Å². The van der Waals surface area contributed by atoms with Gasteiger partial charge in [-0.2, -0.15) is 0 Å². The zero-order valence-electron chi connectivity index (χ0n) is 9.29. The lowest BCUT2D eigenvalue weighted by Gasteiger charge is -2.16. The van der Waals surface area contributed by atoms with Crippen LogP contribution < -0.4 is 5.32 Å². The Morgan fingerprint density at radius 1 is 1.33 bits per heavy atom. The van der Waals surface area contributed by atoms with Crippen molar-refractivity contribution in [2.45, 2.75) is 12.8 Å². The van der Waals surface area contributed by atoms with E-state index in [0.717, 1.165) is 12.1 Å². The highest BCUT2D eigenvalue weighted by molar-refractivity contribution is 5.20. The molecule has 15 heavy (non-hydrogen) atoms. The Kier molecular flexibility index (Phi) is 5.29. The molecule has 3 heteroatoms. The van der Waals surface area contributed by atoms with E-state index < -0.39 is 0 Å². The molecule has 0 saturated heterocycles. The van der Waals surface area contributed by atoms with Crippen LogP contribution in [-0.2, 0) is 4.74 Å². The van der Waals surface area contributed by atoms with Crippen LogP contribution in [0.3, 0.4) is 0 Å². The van der Waals surface area contributed by atoms with Crippen molar-refractivity contribution in [2.75, 3.05) is 26.8 Å². The Morgan fingerprint density at radius 3 is 2.53 bits per heavy atom. The van der Waals surface area contributed by atoms with E-state index in [1.54, 1.807) is 0 Å². The predicted molar refractivity (Wildman–Crippen MR) is 59.6 cm³/mol. The van der Waals surface area contributed by atoms with Crippen LogP contribution in [0.1, 0.15) is 18.4 Å². The summed E-state index contributed by atoms with van der Waals surface area (Å²) in [5.74, 6) is 0.0916. The molecule has 1 rings (SSSR count). The number of ether oxygens (including phenoxy) is 1. The summed E-state index contributed by atoms with van der Waals surface area (Å²) in [4.78, 5) is 0. The largest absolute Gasteiger partial charge is 0.381 e. The smallest absolute Gasteiger partial charge is 0.123 e. The van der Waals surface area contributed by atoms with E-state index >= 15 is 0 Å². The summed E-state index contributed by atoms with van der Waals surface area (Å²) in [5, 5.41) is 3.12. The number of hydrogen-bond donors (Lipinski definition) is 1. The van der Waals surface area contributed by atoms with Crippen molar-refractivity contribution in [3.63, 3.8) is 0 Å². The second-order valence-electron chi connectivity index (χ2n) is 3.47. The fourth-order valence-electron chi connectivity index (χ4n) is 1.51. The van der Waals surface area contributed by atoms with Crippen molar-refractivity contribution in [1.82, 2.24) is 5.32 Å². The number of halogens is 1. The molecule has 2 nitrogen and oxygen atoms in total. The summed E-state index contributed by atoms with van der Waals surface area (Å²) in [5.41, 5.74) is 1.11. The number of likely N-dealkylation sites (N-methyl/N-ethyl adjacent to an activating group) is 1. The van der Waals surface area contributed by atoms with Crippen molar-refractivity contribution in [3.8, 4) is 0 Å². The van der Waals surface area contributed by atoms with Crippen LogP contribution >= 0.6 is 0 Å². The number of benzene rings is 1. The summed E-state index contributed by atoms with van der Waals surface area (Å²) in [6.07, 6.45) is 0. The van der Waals surface area contributed by atoms with E-state index in [0.29, 0.717) is 13.2 Å². The van der Waals surface area contributed by atoms with E-state index in [-0.39, 0.29) is 11.7 Å². The van der Waals surface area contributed by atoms with Gasteiger partial charge in [-0.15, -0.1) is 0 Å². The van der Waals surface area contributed by atoms with Crippen LogP contribution in [0.5, 0.6) is 0 Å². The van der Waals surface area contributed by atoms with Gasteiger partial charge in [-0.3, -0.25) is 0 Å². The third-order valence-electron chi connectivity index (χ3n) is 2.32. The van der Waals surface area contributed by atoms with Gasteiger partial charge in [-0.1, -0.05) is 12.1 Å². The lowest BCUT2D eigenvalue weighted by atomic mass is 10.00. The molecule has 0 amide bonds. The SMILES string of the molecule is CCOCC(CNC)c1ccc(F)cc1. The summed E-state index contributed by atoms with van der Waals surface area (Å²) in [6.45, 7) is 4.19. The van der Waals surface area contributed by atoms with Gasteiger partial charge in [0.15, 0.2) is 0 Å². The first-order chi connectivity index (χ1) is 7.27. The maximum atomic E-state index is 12.7. The first-order valence-electron chi connectivity index (χ1n) is 5.25. The van der Waals surface area contributed by atoms with E-state index in [1.807, 2.05) is 26.1 Å². The molecule has 1 N–H and O–H groups in total. The van der Waals surface area contributed by atoms with Crippen molar-refractivity contribution < 1.29 is 9.13 Å². The first kappa shape index (κ1) is 12.1. The normalized spacial score (nSPS) is 12.7. The summed E-state index contributed by atoms with van der Waals surface area (Å²) >= 11 is 0. The van der Waals surface area contributed by atoms with Gasteiger partial charge in [0.2, 0.25) is 0 Å². The van der Waals surface area contributed by atoms with Crippen LogP contribution in [-0.4, -0.2) is 26.8 Å². The first-order valence-corrected chi connectivity index (χ1v) is 5.25. The topological polar surface area (TPSA) is 21.3 Å². The summed E-state index contributed by atoms with van der Waals surface area (Å²) < 4.78 is 18.1. The summed E-state index contributed by atoms with van der Waals surface area (Å²) in [7, 11) is 1.91. The van der Waals surface area contributed by atoms with E-state index in [9.17, 15) is 4.39 Å². The minimum Gasteiger partial charge on any atom is -0.381 e. The second kappa shape index (κ2) is 6.53. The molecule has 0 fully saturated rings. The molecule has 0 saturated carbocycles. The minimum absolute atomic E-state index is 0.196. The predicted octanol–water partition coefficient (Wildman–Crippen LogP) is 2.17. The highest BCUT2D eigenvalue weighted by atomic mass is 19.1. The lowest BCUT2D eigenvalue weighted by Crippen LogP contribution is -2.21. The molecule has 1 aromatic rings. The van der Waals surface area contributed by atoms with Gasteiger partial charge >= 0.3 is 0 Å². The van der Waals surface area contributed by atoms with E-state index in [1.165, 1.54) is 12.1 Å². The highest BCUT2D eigenvalue weighted by Crippen LogP contribution is 2.15. The Hall–Kier alpha value is -0.930. The quantitative estimate of drug-likeness (QED) is 0.778. The van der Waals surface area contributed by atoms with Crippen LogP contribution in [0.2, 0.25) is 0 Å². The number of hydrogen-bond acceptors (Lipinski definition) is 2. The van der Waals surface area contributed by atoms with Crippen LogP contribution in [0.15, 0.2) is 24.3 Å². The Bertz CT molecular complexity index is 273. The molecule has 0 aliphatic rings. The van der Waals surface area contributed by atoms with Crippen molar-refractivity contribution in [3.05, 3.63) is 35.6 Å². The van der Waals surface area contributed by atoms with Crippen molar-refractivity contribution >= 4 is 0 Å². The van der Waals surface area contributed by atoms with Gasteiger partial charge < -0.3 is 10.1 Å². The van der Waals surface area contributed by atoms with E-state index in [4.69, 9.17) is 4.74 Å². The summed E-state index contributed by atoms with van der Waals surface area (Å²) in [6, 6.07) is 6.61. The second-order valence-corrected chi connectivity index (χ2v) is 3.47. The fourth-order valence-corrected chi connectivity index (χ4v) is 1.51. The molecular formula is C12H18FNO. The number of rotatable bonds is 6. The Balaban J connectivity index is 2.65. The van der Waals surface area contributed by atoms with Gasteiger partial charge in [-0.25, -0.2) is 4.39 Å². The van der Waals surface area contributed by atoms with Gasteiger partial charge in [0, 0.05) is 19.1 Å². The maximum absolute atomic E-state index is 12.7. The minimum atomic E-state index is -0.196. The van der Waals surface area contributed by atoms with Gasteiger partial charge in [0.25, 0.3) is 0 Å². The van der Waals surface area contributed by atoms with Gasteiger partial charge in [0.1, 0.15) is 5.82 Å². The molecule has 1 aromatic carbocycles. The molecular weight excluding hydrogens is 193 g/mol. The van der Waals surface area contributed by atoms with Gasteiger partial charge in [-0.05, 0) is 31.7 Å². The maximum Gasteiger partial charge on any atom is 0.123 e. The highest BCUT2D eigenvalue weighted by Gasteiger charge is 2.10. The standard InChI is InChI=1S/C12H18FNO/c1-3-15-9-11(8-14-2)10-4-6-12(13)7-5-10/h4-7,11,14H,3,8-9H2,1-2H3. The molecule has 84 valence electrons. The Morgan fingerprint density at radius 2 is 2.00 bits per heavy atom. The molecule has 1 unspecified atom stereocenters. The van der Waals surface area contributed by atoms with E-state index in [2.05, 4.69) is 5.32 Å². The average Bonchev–Trinajstić information content (AvgIpc) is 2.25. The zero-order valence-corrected chi connectivity index (χ0v) is 9.29. The van der Waals surface area contributed by atoms with Crippen molar-refractivity contribution in [2.24, 2.45) is 0 Å². The molecule has 0 spiro atoms. The zero-order chi connectivity index (χ0) is 11.1. The van der Waals surface area contributed by atoms with Crippen molar-refractivity contribution in [1.29, 1.82) is 0 Å². The fraction of sp³-hybridized carbons (Fsp3) is 0.500. The lowest BCUT2D eigenvalue weighted by molar-refractivity contribution is 0.132. The molecule has 0 aliphatic heterocycles. The molecule has 0 aromatic heterocycles. The molecule has 1 atom stereocenters. The van der Waals surface area contributed by atoms with Crippen LogP contribution in [0.25, 0.3) is 0 Å². The Labute approximate surface area is 90.4 Å². The third-order valence-corrected chi connectivity index (χ3v) is 2.32. The average molecular weight is 211 g/mol. The molecule has 0 radical (unpaired) electrons. The van der Waals surface area contributed by atoms with Gasteiger partial charge in [0.05, 0.1) is 6.61 Å². The monoisotopic (exact) mass is 211 g/mol. The molecule has 0 heterocycles. The third kappa shape index (κ3) is 3.98. The molecule has 0 aliphatic carbocycles. The number of nitrogens with one attached hydrogen (secondary N) is 1.